The highest BCUT2D eigenvalue weighted by Gasteiger charge is 2.44. The van der Waals surface area contributed by atoms with Crippen molar-refractivity contribution < 1.29 is 19.4 Å². The number of nitrogens with one attached hydrogen (secondary N) is 2. The second-order valence-corrected chi connectivity index (χ2v) is 6.09. The molecule has 2 amide bonds. The summed E-state index contributed by atoms with van der Waals surface area (Å²) in [6, 6.07) is -0.450. The van der Waals surface area contributed by atoms with E-state index in [4.69, 9.17) is 4.74 Å². The summed E-state index contributed by atoms with van der Waals surface area (Å²) in [4.78, 5) is 23.3. The summed E-state index contributed by atoms with van der Waals surface area (Å²) < 4.78 is 5.06. The summed E-state index contributed by atoms with van der Waals surface area (Å²) in [7, 11) is 1.58. The Bertz CT molecular complexity index is 334. The lowest BCUT2D eigenvalue weighted by atomic mass is 9.74. The quantitative estimate of drug-likeness (QED) is 0.637. The smallest absolute Gasteiger partial charge is 0.315 e. The zero-order chi connectivity index (χ0) is 16.0. The lowest BCUT2D eigenvalue weighted by Crippen LogP contribution is -2.60. The molecule has 3 N–H and O–H groups in total. The highest BCUT2D eigenvalue weighted by Crippen LogP contribution is 2.30. The van der Waals surface area contributed by atoms with Crippen molar-refractivity contribution in [2.75, 3.05) is 13.7 Å². The SMILES string of the molecule is CCCC(COC)NC(=O)NC(C)(C)C(C)(C)C(=O)O. The van der Waals surface area contributed by atoms with Crippen LogP contribution in [0.1, 0.15) is 47.5 Å². The van der Waals surface area contributed by atoms with E-state index in [-0.39, 0.29) is 12.1 Å². The first kappa shape index (κ1) is 18.7. The van der Waals surface area contributed by atoms with Gasteiger partial charge < -0.3 is 20.5 Å². The zero-order valence-electron chi connectivity index (χ0n) is 13.4. The molecule has 6 heteroatoms. The number of rotatable bonds is 8. The molecule has 1 atom stereocenters. The molecular weight excluding hydrogens is 260 g/mol. The van der Waals surface area contributed by atoms with Gasteiger partial charge in [-0.25, -0.2) is 4.79 Å². The van der Waals surface area contributed by atoms with Crippen LogP contribution >= 0.6 is 0 Å². The molecule has 1 unspecified atom stereocenters. The van der Waals surface area contributed by atoms with Crippen LogP contribution in [0.3, 0.4) is 0 Å². The fraction of sp³-hybridized carbons (Fsp3) is 0.857. The zero-order valence-corrected chi connectivity index (χ0v) is 13.4. The van der Waals surface area contributed by atoms with Crippen LogP contribution in [0.4, 0.5) is 4.79 Å². The Morgan fingerprint density at radius 1 is 1.25 bits per heavy atom. The Balaban J connectivity index is 4.69. The molecule has 0 aliphatic rings. The van der Waals surface area contributed by atoms with Crippen molar-refractivity contribution in [3.8, 4) is 0 Å². The maximum atomic E-state index is 12.0. The van der Waals surface area contributed by atoms with Gasteiger partial charge >= 0.3 is 12.0 Å². The lowest BCUT2D eigenvalue weighted by Gasteiger charge is -2.39. The molecule has 6 nitrogen and oxygen atoms in total. The Hall–Kier alpha value is -1.30. The van der Waals surface area contributed by atoms with Crippen LogP contribution < -0.4 is 10.6 Å². The molecule has 0 heterocycles. The van der Waals surface area contributed by atoms with Crippen molar-refractivity contribution in [2.45, 2.75) is 59.0 Å². The summed E-state index contributed by atoms with van der Waals surface area (Å²) >= 11 is 0. The number of carboxylic acid groups (broad SMARTS) is 1. The van der Waals surface area contributed by atoms with E-state index in [2.05, 4.69) is 10.6 Å². The minimum absolute atomic E-state index is 0.0752. The standard InChI is InChI=1S/C14H28N2O4/c1-7-8-10(9-20-6)15-12(19)16-14(4,5)13(2,3)11(17)18/h10H,7-9H2,1-6H3,(H,17,18)(H2,15,16,19). The molecular formula is C14H28N2O4. The lowest BCUT2D eigenvalue weighted by molar-refractivity contribution is -0.150. The molecule has 0 aromatic rings. The van der Waals surface area contributed by atoms with Gasteiger partial charge in [0.1, 0.15) is 0 Å². The van der Waals surface area contributed by atoms with E-state index in [1.165, 1.54) is 0 Å². The van der Waals surface area contributed by atoms with Crippen molar-refractivity contribution in [1.82, 2.24) is 10.6 Å². The summed E-state index contributed by atoms with van der Waals surface area (Å²) in [5.41, 5.74) is -1.96. The fourth-order valence-electron chi connectivity index (χ4n) is 1.68. The van der Waals surface area contributed by atoms with Gasteiger partial charge in [-0.1, -0.05) is 13.3 Å². The Labute approximate surface area is 121 Å². The number of hydrogen-bond acceptors (Lipinski definition) is 3. The van der Waals surface area contributed by atoms with Crippen LogP contribution in [0.2, 0.25) is 0 Å². The first-order valence-electron chi connectivity index (χ1n) is 6.89. The van der Waals surface area contributed by atoms with E-state index in [1.54, 1.807) is 34.8 Å². The van der Waals surface area contributed by atoms with Crippen LogP contribution in [-0.2, 0) is 9.53 Å². The average Bonchev–Trinajstić information content (AvgIpc) is 2.28. The van der Waals surface area contributed by atoms with E-state index in [0.717, 1.165) is 12.8 Å². The first-order chi connectivity index (χ1) is 9.08. The average molecular weight is 288 g/mol. The number of methoxy groups -OCH3 is 1. The molecule has 118 valence electrons. The van der Waals surface area contributed by atoms with Gasteiger partial charge in [0.2, 0.25) is 0 Å². The van der Waals surface area contributed by atoms with Crippen LogP contribution in [0.15, 0.2) is 0 Å². The van der Waals surface area contributed by atoms with Crippen molar-refractivity contribution >= 4 is 12.0 Å². The molecule has 0 aliphatic carbocycles. The number of carbonyl (C=O) groups excluding carboxylic acids is 1. The molecule has 0 spiro atoms. The predicted molar refractivity (Wildman–Crippen MR) is 77.7 cm³/mol. The molecule has 0 fully saturated rings. The molecule has 0 aromatic carbocycles. The predicted octanol–water partition coefficient (Wildman–Crippen LogP) is 1.99. The summed E-state index contributed by atoms with van der Waals surface area (Å²) in [5, 5.41) is 14.8. The van der Waals surface area contributed by atoms with E-state index in [9.17, 15) is 14.7 Å². The minimum Gasteiger partial charge on any atom is -0.481 e. The van der Waals surface area contributed by atoms with Gasteiger partial charge in [0.25, 0.3) is 0 Å². The second kappa shape index (κ2) is 7.47. The molecule has 0 aromatic heterocycles. The van der Waals surface area contributed by atoms with E-state index in [0.29, 0.717) is 6.61 Å². The van der Waals surface area contributed by atoms with Crippen LogP contribution in [0, 0.1) is 5.41 Å². The first-order valence-corrected chi connectivity index (χ1v) is 6.89. The minimum atomic E-state index is -1.08. The van der Waals surface area contributed by atoms with E-state index >= 15 is 0 Å². The normalized spacial score (nSPS) is 13.7. The number of aliphatic carboxylic acids is 1. The highest BCUT2D eigenvalue weighted by atomic mass is 16.5. The maximum Gasteiger partial charge on any atom is 0.315 e. The molecule has 0 rings (SSSR count). The molecule has 0 saturated heterocycles. The van der Waals surface area contributed by atoms with Gasteiger partial charge in [-0.15, -0.1) is 0 Å². The molecule has 0 bridgehead atoms. The fourth-order valence-corrected chi connectivity index (χ4v) is 1.68. The Morgan fingerprint density at radius 2 is 1.80 bits per heavy atom. The van der Waals surface area contributed by atoms with E-state index < -0.39 is 16.9 Å². The van der Waals surface area contributed by atoms with Gasteiger partial charge in [-0.2, -0.15) is 0 Å². The number of hydrogen-bond donors (Lipinski definition) is 3. The monoisotopic (exact) mass is 288 g/mol. The summed E-state index contributed by atoms with van der Waals surface area (Å²) in [6.45, 7) is 9.05. The largest absolute Gasteiger partial charge is 0.481 e. The highest BCUT2D eigenvalue weighted by molar-refractivity contribution is 5.79. The van der Waals surface area contributed by atoms with Gasteiger partial charge in [0.15, 0.2) is 0 Å². The maximum absolute atomic E-state index is 12.0. The molecule has 0 radical (unpaired) electrons. The summed E-state index contributed by atoms with van der Waals surface area (Å²) in [5.74, 6) is -0.954. The van der Waals surface area contributed by atoms with Gasteiger partial charge in [-0.3, -0.25) is 4.79 Å². The van der Waals surface area contributed by atoms with Crippen molar-refractivity contribution in [1.29, 1.82) is 0 Å². The van der Waals surface area contributed by atoms with Crippen LogP contribution in [0.5, 0.6) is 0 Å². The van der Waals surface area contributed by atoms with Crippen LogP contribution in [0.25, 0.3) is 0 Å². The van der Waals surface area contributed by atoms with Crippen molar-refractivity contribution in [2.24, 2.45) is 5.41 Å². The molecule has 0 aliphatic heterocycles. The number of carbonyl (C=O) groups is 2. The third kappa shape index (κ3) is 5.00. The van der Waals surface area contributed by atoms with Crippen molar-refractivity contribution in [3.63, 3.8) is 0 Å². The Kier molecular flexibility index (Phi) is 6.99. The summed E-state index contributed by atoms with van der Waals surface area (Å²) in [6.07, 6.45) is 1.74. The Morgan fingerprint density at radius 3 is 2.20 bits per heavy atom. The second-order valence-electron chi connectivity index (χ2n) is 6.09. The van der Waals surface area contributed by atoms with E-state index in [1.807, 2.05) is 6.92 Å². The topological polar surface area (TPSA) is 87.7 Å². The van der Waals surface area contributed by atoms with Crippen LogP contribution in [-0.4, -0.2) is 42.4 Å². The molecule has 20 heavy (non-hydrogen) atoms. The number of urea groups is 1. The van der Waals surface area contributed by atoms with Crippen molar-refractivity contribution in [3.05, 3.63) is 0 Å². The number of amides is 2. The third-order valence-corrected chi connectivity index (χ3v) is 3.86. The third-order valence-electron chi connectivity index (χ3n) is 3.86. The van der Waals surface area contributed by atoms with Gasteiger partial charge in [0, 0.05) is 7.11 Å². The van der Waals surface area contributed by atoms with Gasteiger partial charge in [-0.05, 0) is 34.1 Å². The number of ether oxygens (including phenoxy) is 1. The number of carboxylic acids is 1. The van der Waals surface area contributed by atoms with Gasteiger partial charge in [0.05, 0.1) is 23.6 Å². The molecule has 0 saturated carbocycles.